The van der Waals surface area contributed by atoms with Crippen molar-refractivity contribution in [1.82, 2.24) is 0 Å². The standard InChI is InChI=1S/C23H21NOS/c24-15-20-7-6-19(21-12-13-26-16-21)14-23(20)25-22-10-8-18(9-11-22)17-4-2-1-3-5-17/h1-7,12-14,16,18,22H,8-11H2/i22D. The van der Waals surface area contributed by atoms with Crippen molar-refractivity contribution in [2.45, 2.75) is 37.7 Å². The lowest BCUT2D eigenvalue weighted by Gasteiger charge is -2.29. The van der Waals surface area contributed by atoms with Gasteiger partial charge in [0.2, 0.25) is 0 Å². The van der Waals surface area contributed by atoms with E-state index < -0.39 is 6.08 Å². The van der Waals surface area contributed by atoms with Gasteiger partial charge in [-0.15, -0.1) is 0 Å². The molecule has 0 amide bonds. The largest absolute Gasteiger partial charge is 0.489 e. The van der Waals surface area contributed by atoms with Crippen LogP contribution in [-0.4, -0.2) is 6.08 Å². The molecule has 2 nitrogen and oxygen atoms in total. The summed E-state index contributed by atoms with van der Waals surface area (Å²) in [4.78, 5) is 0. The van der Waals surface area contributed by atoms with Gasteiger partial charge in [0.25, 0.3) is 0 Å². The van der Waals surface area contributed by atoms with Crippen molar-refractivity contribution in [3.63, 3.8) is 0 Å². The molecule has 4 rings (SSSR count). The Morgan fingerprint density at radius 3 is 2.50 bits per heavy atom. The Morgan fingerprint density at radius 1 is 1.00 bits per heavy atom. The van der Waals surface area contributed by atoms with Gasteiger partial charge in [0.1, 0.15) is 11.8 Å². The summed E-state index contributed by atoms with van der Waals surface area (Å²) < 4.78 is 14.9. The van der Waals surface area contributed by atoms with Crippen LogP contribution in [0.1, 0.15) is 44.1 Å². The highest BCUT2D eigenvalue weighted by Gasteiger charge is 2.24. The summed E-state index contributed by atoms with van der Waals surface area (Å²) >= 11 is 1.64. The van der Waals surface area contributed by atoms with Crippen LogP contribution in [-0.2, 0) is 0 Å². The number of nitrogens with zero attached hydrogens (tertiary/aromatic N) is 1. The van der Waals surface area contributed by atoms with E-state index >= 15 is 0 Å². The number of rotatable bonds is 4. The zero-order chi connectivity index (χ0) is 18.7. The predicted molar refractivity (Wildman–Crippen MR) is 107 cm³/mol. The summed E-state index contributed by atoms with van der Waals surface area (Å²) in [7, 11) is 0. The normalized spacial score (nSPS) is 23.0. The number of thiophene rings is 1. The number of hydrogen-bond donors (Lipinski definition) is 0. The van der Waals surface area contributed by atoms with Crippen molar-refractivity contribution in [3.05, 3.63) is 76.5 Å². The fourth-order valence-electron chi connectivity index (χ4n) is 3.56. The molecule has 1 saturated carbocycles. The van der Waals surface area contributed by atoms with Crippen molar-refractivity contribution < 1.29 is 6.11 Å². The zero-order valence-corrected chi connectivity index (χ0v) is 15.3. The highest BCUT2D eigenvalue weighted by atomic mass is 32.1. The Hall–Kier alpha value is -2.57. The van der Waals surface area contributed by atoms with E-state index in [-0.39, 0.29) is 0 Å². The van der Waals surface area contributed by atoms with Gasteiger partial charge < -0.3 is 4.74 Å². The second kappa shape index (κ2) is 7.76. The summed E-state index contributed by atoms with van der Waals surface area (Å²) in [6, 6.07) is 20.4. The van der Waals surface area contributed by atoms with E-state index in [0.717, 1.165) is 24.0 Å². The van der Waals surface area contributed by atoms with Crippen molar-refractivity contribution in [2.75, 3.05) is 0 Å². The number of benzene rings is 2. The van der Waals surface area contributed by atoms with Gasteiger partial charge in [-0.1, -0.05) is 36.4 Å². The molecule has 0 aliphatic heterocycles. The SMILES string of the molecule is [2H]C1(Oc2cc(-c3ccsc3)ccc2C#N)CCC(c2ccccc2)CC1. The maximum absolute atomic E-state index is 9.45. The molecule has 2 aromatic carbocycles. The molecule has 0 bridgehead atoms. The summed E-state index contributed by atoms with van der Waals surface area (Å²) in [5, 5.41) is 13.6. The van der Waals surface area contributed by atoms with E-state index in [2.05, 4.69) is 41.8 Å². The van der Waals surface area contributed by atoms with E-state index in [9.17, 15) is 5.26 Å². The number of ether oxygens (including phenoxy) is 1. The molecule has 26 heavy (non-hydrogen) atoms. The third kappa shape index (κ3) is 3.66. The first-order valence-corrected chi connectivity index (χ1v) is 9.92. The molecule has 1 heterocycles. The highest BCUT2D eigenvalue weighted by Crippen LogP contribution is 2.36. The minimum absolute atomic E-state index is 0.487. The van der Waals surface area contributed by atoms with Crippen LogP contribution in [0.2, 0.25) is 0 Å². The lowest BCUT2D eigenvalue weighted by molar-refractivity contribution is 0.146. The molecule has 0 saturated heterocycles. The predicted octanol–water partition coefficient (Wildman–Crippen LogP) is 6.39. The zero-order valence-electron chi connectivity index (χ0n) is 15.5. The van der Waals surface area contributed by atoms with Crippen molar-refractivity contribution in [2.24, 2.45) is 0 Å². The third-order valence-corrected chi connectivity index (χ3v) is 5.71. The van der Waals surface area contributed by atoms with E-state index in [1.807, 2.05) is 23.6 Å². The monoisotopic (exact) mass is 360 g/mol. The topological polar surface area (TPSA) is 33.0 Å². The van der Waals surface area contributed by atoms with Gasteiger partial charge in [-0.3, -0.25) is 0 Å². The minimum atomic E-state index is -0.968. The molecular formula is C23H21NOS. The summed E-state index contributed by atoms with van der Waals surface area (Å²) in [6.07, 6.45) is 2.23. The molecule has 1 fully saturated rings. The van der Waals surface area contributed by atoms with Gasteiger partial charge in [-0.2, -0.15) is 16.6 Å². The van der Waals surface area contributed by atoms with E-state index in [0.29, 0.717) is 30.1 Å². The average Bonchev–Trinajstić information content (AvgIpc) is 3.24. The fraction of sp³-hybridized carbons (Fsp3) is 0.261. The lowest BCUT2D eigenvalue weighted by Crippen LogP contribution is -2.23. The van der Waals surface area contributed by atoms with Crippen LogP contribution in [0.15, 0.2) is 65.4 Å². The second-order valence-corrected chi connectivity index (χ2v) is 7.44. The second-order valence-electron chi connectivity index (χ2n) is 6.66. The van der Waals surface area contributed by atoms with Crippen LogP contribution in [0.4, 0.5) is 0 Å². The fourth-order valence-corrected chi connectivity index (χ4v) is 4.23. The third-order valence-electron chi connectivity index (χ3n) is 5.03. The Bertz CT molecular complexity index is 938. The van der Waals surface area contributed by atoms with E-state index in [1.54, 1.807) is 17.4 Å². The van der Waals surface area contributed by atoms with Gasteiger partial charge in [0, 0.05) is 0 Å². The molecule has 0 radical (unpaired) electrons. The first kappa shape index (κ1) is 15.7. The van der Waals surface area contributed by atoms with E-state index in [1.165, 1.54) is 5.56 Å². The molecule has 0 unspecified atom stereocenters. The highest BCUT2D eigenvalue weighted by molar-refractivity contribution is 7.08. The van der Waals surface area contributed by atoms with Crippen LogP contribution in [0, 0.1) is 11.3 Å². The molecule has 0 atom stereocenters. The van der Waals surface area contributed by atoms with Crippen LogP contribution < -0.4 is 4.74 Å². The lowest BCUT2D eigenvalue weighted by atomic mass is 9.83. The minimum Gasteiger partial charge on any atom is -0.489 e. The Balaban J connectivity index is 1.52. The van der Waals surface area contributed by atoms with Gasteiger partial charge in [-0.25, -0.2) is 0 Å². The van der Waals surface area contributed by atoms with E-state index in [4.69, 9.17) is 6.11 Å². The summed E-state index contributed by atoms with van der Waals surface area (Å²) in [6.45, 7) is 0. The smallest absolute Gasteiger partial charge is 0.138 e. The molecule has 1 aliphatic rings. The van der Waals surface area contributed by atoms with Gasteiger partial charge in [0.15, 0.2) is 0 Å². The quantitative estimate of drug-likeness (QED) is 0.540. The Morgan fingerprint density at radius 2 is 1.81 bits per heavy atom. The van der Waals surface area contributed by atoms with Crippen LogP contribution >= 0.6 is 11.3 Å². The number of nitriles is 1. The van der Waals surface area contributed by atoms with Crippen LogP contribution in [0.3, 0.4) is 0 Å². The molecule has 3 heteroatoms. The number of hydrogen-bond acceptors (Lipinski definition) is 3. The molecule has 3 aromatic rings. The van der Waals surface area contributed by atoms with Crippen LogP contribution in [0.25, 0.3) is 11.1 Å². The van der Waals surface area contributed by atoms with Crippen LogP contribution in [0.5, 0.6) is 5.75 Å². The Labute approximate surface area is 160 Å². The molecule has 0 N–H and O–H groups in total. The van der Waals surface area contributed by atoms with Crippen molar-refractivity contribution >= 4 is 11.3 Å². The maximum Gasteiger partial charge on any atom is 0.138 e. The molecule has 0 spiro atoms. The Kier molecular flexibility index (Phi) is 4.68. The molecule has 130 valence electrons. The van der Waals surface area contributed by atoms with Gasteiger partial charge in [0.05, 0.1) is 13.0 Å². The summed E-state index contributed by atoms with van der Waals surface area (Å²) in [5.41, 5.74) is 3.97. The first-order chi connectivity index (χ1) is 13.2. The molecule has 1 aromatic heterocycles. The molecular weight excluding hydrogens is 338 g/mol. The maximum atomic E-state index is 9.45. The first-order valence-electron chi connectivity index (χ1n) is 9.47. The van der Waals surface area contributed by atoms with Gasteiger partial charge >= 0.3 is 0 Å². The van der Waals surface area contributed by atoms with Crippen molar-refractivity contribution in [3.8, 4) is 22.9 Å². The van der Waals surface area contributed by atoms with Crippen molar-refractivity contribution in [1.29, 1.82) is 5.26 Å². The average molecular weight is 361 g/mol. The summed E-state index contributed by atoms with van der Waals surface area (Å²) in [5.74, 6) is 1.01. The van der Waals surface area contributed by atoms with Gasteiger partial charge in [-0.05, 0) is 77.3 Å². The molecule has 1 aliphatic carbocycles.